The first-order chi connectivity index (χ1) is 7.91. The van der Waals surface area contributed by atoms with Gasteiger partial charge < -0.3 is 0 Å². The molecule has 0 saturated carbocycles. The van der Waals surface area contributed by atoms with Gasteiger partial charge in [-0.3, -0.25) is 4.79 Å². The summed E-state index contributed by atoms with van der Waals surface area (Å²) >= 11 is 0. The lowest BCUT2D eigenvalue weighted by Crippen LogP contribution is -2.22. The lowest BCUT2D eigenvalue weighted by atomic mass is 10.0. The van der Waals surface area contributed by atoms with Crippen molar-refractivity contribution in [3.63, 3.8) is 0 Å². The van der Waals surface area contributed by atoms with Crippen LogP contribution < -0.4 is 5.43 Å². The maximum absolute atomic E-state index is 11.3. The van der Waals surface area contributed by atoms with E-state index in [2.05, 4.69) is 29.6 Å². The summed E-state index contributed by atoms with van der Waals surface area (Å²) in [5.41, 5.74) is 7.18. The maximum Gasteiger partial charge on any atom is 0.242 e. The summed E-state index contributed by atoms with van der Waals surface area (Å²) in [6.45, 7) is 9.85. The largest absolute Gasteiger partial charge is 0.273 e. The molecule has 0 heterocycles. The summed E-state index contributed by atoms with van der Waals surface area (Å²) in [4.78, 5) is 11.3. The first kappa shape index (κ1) is 13.4. The second-order valence-electron chi connectivity index (χ2n) is 4.70. The molecule has 92 valence electrons. The molecule has 0 aromatic heterocycles. The van der Waals surface area contributed by atoms with Gasteiger partial charge in [-0.2, -0.15) is 5.10 Å². The van der Waals surface area contributed by atoms with Crippen molar-refractivity contribution in [2.75, 3.05) is 0 Å². The molecule has 1 aromatic rings. The third-order valence-corrected chi connectivity index (χ3v) is 2.63. The Hall–Kier alpha value is -1.64. The van der Waals surface area contributed by atoms with Crippen molar-refractivity contribution in [1.29, 1.82) is 0 Å². The van der Waals surface area contributed by atoms with Crippen molar-refractivity contribution in [2.24, 2.45) is 11.0 Å². The summed E-state index contributed by atoms with van der Waals surface area (Å²) in [6.07, 6.45) is 1.71. The van der Waals surface area contributed by atoms with E-state index in [1.165, 1.54) is 16.7 Å². The van der Waals surface area contributed by atoms with Crippen LogP contribution in [0.15, 0.2) is 17.2 Å². The van der Waals surface area contributed by atoms with Gasteiger partial charge in [0.05, 0.1) is 6.21 Å². The van der Waals surface area contributed by atoms with Crippen LogP contribution in [0.2, 0.25) is 0 Å². The highest BCUT2D eigenvalue weighted by Gasteiger charge is 2.05. The summed E-state index contributed by atoms with van der Waals surface area (Å²) in [7, 11) is 0. The van der Waals surface area contributed by atoms with E-state index in [-0.39, 0.29) is 11.8 Å². The molecule has 0 aliphatic rings. The summed E-state index contributed by atoms with van der Waals surface area (Å²) < 4.78 is 0. The zero-order valence-corrected chi connectivity index (χ0v) is 11.2. The molecule has 0 radical (unpaired) electrons. The Balaban J connectivity index is 2.82. The normalized spacial score (nSPS) is 11.2. The van der Waals surface area contributed by atoms with Gasteiger partial charge in [0, 0.05) is 11.5 Å². The number of nitrogens with zero attached hydrogens (tertiary/aromatic N) is 1. The van der Waals surface area contributed by atoms with Gasteiger partial charge in [-0.1, -0.05) is 31.5 Å². The summed E-state index contributed by atoms with van der Waals surface area (Å²) in [6, 6.07) is 4.22. The van der Waals surface area contributed by atoms with Crippen molar-refractivity contribution in [3.05, 3.63) is 34.4 Å². The van der Waals surface area contributed by atoms with Crippen molar-refractivity contribution in [2.45, 2.75) is 34.6 Å². The predicted molar refractivity (Wildman–Crippen MR) is 71.2 cm³/mol. The molecule has 17 heavy (non-hydrogen) atoms. The lowest BCUT2D eigenvalue weighted by Gasteiger charge is -2.07. The number of hydrogen-bond acceptors (Lipinski definition) is 2. The van der Waals surface area contributed by atoms with E-state index in [1.54, 1.807) is 6.21 Å². The van der Waals surface area contributed by atoms with Crippen LogP contribution in [-0.4, -0.2) is 12.1 Å². The zero-order valence-electron chi connectivity index (χ0n) is 11.2. The minimum absolute atomic E-state index is 0.0487. The summed E-state index contributed by atoms with van der Waals surface area (Å²) in [5.74, 6) is -0.115. The average molecular weight is 232 g/mol. The second kappa shape index (κ2) is 5.62. The molecule has 1 rings (SSSR count). The minimum atomic E-state index is -0.0660. The molecule has 1 amide bonds. The first-order valence-corrected chi connectivity index (χ1v) is 5.82. The quantitative estimate of drug-likeness (QED) is 0.632. The third-order valence-electron chi connectivity index (χ3n) is 2.63. The van der Waals surface area contributed by atoms with Gasteiger partial charge in [0.15, 0.2) is 0 Å². The molecule has 0 fully saturated rings. The SMILES string of the molecule is Cc1cc(C)c(/C=N\NC(=O)C(C)C)c(C)c1. The zero-order chi connectivity index (χ0) is 13.0. The topological polar surface area (TPSA) is 41.5 Å². The number of rotatable bonds is 3. The van der Waals surface area contributed by atoms with Gasteiger partial charge in [-0.05, 0) is 31.9 Å². The molecule has 1 aromatic carbocycles. The molecule has 0 bridgehead atoms. The molecular formula is C14H20N2O. The highest BCUT2D eigenvalue weighted by Crippen LogP contribution is 2.13. The van der Waals surface area contributed by atoms with E-state index in [4.69, 9.17) is 0 Å². The van der Waals surface area contributed by atoms with Crippen LogP contribution in [0.5, 0.6) is 0 Å². The molecule has 1 N–H and O–H groups in total. The number of carbonyl (C=O) groups excluding carboxylic acids is 1. The first-order valence-electron chi connectivity index (χ1n) is 5.82. The highest BCUT2D eigenvalue weighted by molar-refractivity contribution is 5.85. The van der Waals surface area contributed by atoms with Crippen LogP contribution in [0.4, 0.5) is 0 Å². The predicted octanol–water partition coefficient (Wildman–Crippen LogP) is 2.72. The number of amides is 1. The van der Waals surface area contributed by atoms with Crippen LogP contribution in [-0.2, 0) is 4.79 Å². The Morgan fingerprint density at radius 3 is 2.24 bits per heavy atom. The lowest BCUT2D eigenvalue weighted by molar-refractivity contribution is -0.123. The number of carbonyl (C=O) groups is 1. The number of hydrazone groups is 1. The van der Waals surface area contributed by atoms with Crippen molar-refractivity contribution in [1.82, 2.24) is 5.43 Å². The monoisotopic (exact) mass is 232 g/mol. The molecule has 0 atom stereocenters. The number of aryl methyl sites for hydroxylation is 3. The van der Waals surface area contributed by atoms with Crippen LogP contribution >= 0.6 is 0 Å². The smallest absolute Gasteiger partial charge is 0.242 e. The highest BCUT2D eigenvalue weighted by atomic mass is 16.2. The molecule has 0 spiro atoms. The maximum atomic E-state index is 11.3. The second-order valence-corrected chi connectivity index (χ2v) is 4.70. The molecule has 3 heteroatoms. The molecule has 0 aliphatic heterocycles. The van der Waals surface area contributed by atoms with E-state index in [0.717, 1.165) is 5.56 Å². The third kappa shape index (κ3) is 3.70. The van der Waals surface area contributed by atoms with Crippen molar-refractivity contribution in [3.8, 4) is 0 Å². The van der Waals surface area contributed by atoms with E-state index >= 15 is 0 Å². The fourth-order valence-electron chi connectivity index (χ4n) is 1.68. The Morgan fingerprint density at radius 1 is 1.24 bits per heavy atom. The Kier molecular flexibility index (Phi) is 4.44. The van der Waals surface area contributed by atoms with E-state index < -0.39 is 0 Å². The van der Waals surface area contributed by atoms with Crippen LogP contribution in [0.25, 0.3) is 0 Å². The average Bonchev–Trinajstić information content (AvgIpc) is 2.21. The standard InChI is InChI=1S/C14H20N2O/c1-9(2)14(17)16-15-8-13-11(4)6-10(3)7-12(13)5/h6-9H,1-5H3,(H,16,17)/b15-8-. The van der Waals surface area contributed by atoms with Gasteiger partial charge in [0.1, 0.15) is 0 Å². The van der Waals surface area contributed by atoms with Crippen LogP contribution in [0.1, 0.15) is 36.1 Å². The molecule has 3 nitrogen and oxygen atoms in total. The van der Waals surface area contributed by atoms with Crippen molar-refractivity contribution < 1.29 is 4.79 Å². The fraction of sp³-hybridized carbons (Fsp3) is 0.429. The van der Waals surface area contributed by atoms with E-state index in [9.17, 15) is 4.79 Å². The van der Waals surface area contributed by atoms with Gasteiger partial charge in [-0.15, -0.1) is 0 Å². The Morgan fingerprint density at radius 2 is 1.76 bits per heavy atom. The van der Waals surface area contributed by atoms with Crippen molar-refractivity contribution >= 4 is 12.1 Å². The van der Waals surface area contributed by atoms with E-state index in [1.807, 2.05) is 27.7 Å². The van der Waals surface area contributed by atoms with Gasteiger partial charge >= 0.3 is 0 Å². The minimum Gasteiger partial charge on any atom is -0.273 e. The molecule has 0 aliphatic carbocycles. The van der Waals surface area contributed by atoms with Gasteiger partial charge in [0.25, 0.3) is 0 Å². The van der Waals surface area contributed by atoms with Crippen LogP contribution in [0, 0.1) is 26.7 Å². The molecule has 0 unspecified atom stereocenters. The van der Waals surface area contributed by atoms with Crippen LogP contribution in [0.3, 0.4) is 0 Å². The molecular weight excluding hydrogens is 212 g/mol. The summed E-state index contributed by atoms with van der Waals surface area (Å²) in [5, 5.41) is 3.99. The Labute approximate surface area is 103 Å². The number of nitrogens with one attached hydrogen (secondary N) is 1. The van der Waals surface area contributed by atoms with Gasteiger partial charge in [-0.25, -0.2) is 5.43 Å². The van der Waals surface area contributed by atoms with Gasteiger partial charge in [0.2, 0.25) is 5.91 Å². The van der Waals surface area contributed by atoms with E-state index in [0.29, 0.717) is 0 Å². The number of benzene rings is 1. The number of hydrogen-bond donors (Lipinski definition) is 1. The molecule has 0 saturated heterocycles. The Bertz CT molecular complexity index is 425. The fourth-order valence-corrected chi connectivity index (χ4v) is 1.68.